The number of thioether (sulfide) groups is 1. The number of hydrogen-bond donors (Lipinski definition) is 0. The zero-order chi connectivity index (χ0) is 19.4. The van der Waals surface area contributed by atoms with Gasteiger partial charge in [-0.3, -0.25) is 0 Å². The minimum absolute atomic E-state index is 0.0175. The summed E-state index contributed by atoms with van der Waals surface area (Å²) < 4.78 is 0. The Morgan fingerprint density at radius 1 is 1.00 bits per heavy atom. The van der Waals surface area contributed by atoms with E-state index in [9.17, 15) is 0 Å². The lowest BCUT2D eigenvalue weighted by Crippen LogP contribution is -2.22. The van der Waals surface area contributed by atoms with Crippen molar-refractivity contribution in [2.24, 2.45) is 0 Å². The number of allylic oxidation sites excluding steroid dienone is 6. The van der Waals surface area contributed by atoms with Gasteiger partial charge in [0, 0.05) is 33.6 Å². The topological polar surface area (TPSA) is 3.24 Å². The molecular weight excluding hydrogens is 346 g/mol. The van der Waals surface area contributed by atoms with Crippen LogP contribution in [0.3, 0.4) is 0 Å². The molecule has 1 aliphatic heterocycles. The lowest BCUT2D eigenvalue weighted by molar-refractivity contribution is 0.640. The molecule has 0 unspecified atom stereocenters. The molecule has 138 valence electrons. The third kappa shape index (κ3) is 4.12. The van der Waals surface area contributed by atoms with Crippen LogP contribution in [0.25, 0.3) is 0 Å². The van der Waals surface area contributed by atoms with Crippen molar-refractivity contribution in [1.82, 2.24) is 0 Å². The van der Waals surface area contributed by atoms with Crippen molar-refractivity contribution in [2.75, 3.05) is 11.9 Å². The minimum Gasteiger partial charge on any atom is -0.347 e. The number of likely N-dealkylation sites (N-methyl/N-ethyl adjacent to an activating group) is 1. The predicted octanol–water partition coefficient (Wildman–Crippen LogP) is 7.02. The van der Waals surface area contributed by atoms with Crippen LogP contribution >= 0.6 is 11.8 Å². The largest absolute Gasteiger partial charge is 0.347 e. The molecular formula is C25H27NS. The average Bonchev–Trinajstić information content (AvgIpc) is 2.84. The van der Waals surface area contributed by atoms with Crippen LogP contribution in [-0.2, 0) is 5.41 Å². The molecule has 0 atom stereocenters. The Hall–Kier alpha value is -2.45. The van der Waals surface area contributed by atoms with Crippen LogP contribution in [0.2, 0.25) is 0 Å². The third-order valence-corrected chi connectivity index (χ3v) is 6.11. The first kappa shape index (κ1) is 19.3. The summed E-state index contributed by atoms with van der Waals surface area (Å²) in [5, 5.41) is 0. The van der Waals surface area contributed by atoms with E-state index in [-0.39, 0.29) is 5.41 Å². The Bertz CT molecular complexity index is 931. The van der Waals surface area contributed by atoms with Gasteiger partial charge in [0.05, 0.1) is 0 Å². The van der Waals surface area contributed by atoms with Crippen LogP contribution in [0.15, 0.2) is 101 Å². The highest BCUT2D eigenvalue weighted by atomic mass is 32.2. The minimum atomic E-state index is 0.0175. The molecule has 0 N–H and O–H groups in total. The van der Waals surface area contributed by atoms with Crippen molar-refractivity contribution in [3.63, 3.8) is 0 Å². The second-order valence-electron chi connectivity index (χ2n) is 7.33. The summed E-state index contributed by atoms with van der Waals surface area (Å²) in [6, 6.07) is 17.0. The lowest BCUT2D eigenvalue weighted by Gasteiger charge is -2.23. The quantitative estimate of drug-likeness (QED) is 0.409. The molecule has 0 aromatic heterocycles. The molecule has 0 amide bonds. The standard InChI is InChI=1S/C25H27NS/c1-19-13-9-12-17-23(19)27-20(2)14-7-6-8-18-24-25(3,4)21-15-10-11-16-22(21)26(24)5/h6-18H,2H2,1,3-5H3/b8-6+,14-7+,24-18-. The summed E-state index contributed by atoms with van der Waals surface area (Å²) in [7, 11) is 2.14. The Morgan fingerprint density at radius 3 is 2.44 bits per heavy atom. The van der Waals surface area contributed by atoms with E-state index in [0.29, 0.717) is 0 Å². The van der Waals surface area contributed by atoms with Gasteiger partial charge in [-0.15, -0.1) is 0 Å². The first-order valence-corrected chi connectivity index (χ1v) is 10.0. The number of nitrogens with zero attached hydrogens (tertiary/aromatic N) is 1. The molecule has 0 fully saturated rings. The molecule has 2 heteroatoms. The van der Waals surface area contributed by atoms with Gasteiger partial charge in [-0.2, -0.15) is 0 Å². The van der Waals surface area contributed by atoms with Crippen molar-refractivity contribution in [3.05, 3.63) is 107 Å². The summed E-state index contributed by atoms with van der Waals surface area (Å²) in [6.45, 7) is 10.8. The van der Waals surface area contributed by atoms with E-state index in [1.54, 1.807) is 11.8 Å². The maximum absolute atomic E-state index is 4.15. The van der Waals surface area contributed by atoms with Crippen molar-refractivity contribution < 1.29 is 0 Å². The predicted molar refractivity (Wildman–Crippen MR) is 120 cm³/mol. The highest BCUT2D eigenvalue weighted by Crippen LogP contribution is 2.46. The van der Waals surface area contributed by atoms with Crippen LogP contribution in [0.5, 0.6) is 0 Å². The van der Waals surface area contributed by atoms with Crippen LogP contribution in [0.4, 0.5) is 5.69 Å². The zero-order valence-corrected chi connectivity index (χ0v) is 17.4. The van der Waals surface area contributed by atoms with Crippen molar-refractivity contribution >= 4 is 17.4 Å². The molecule has 1 nitrogen and oxygen atoms in total. The van der Waals surface area contributed by atoms with Gasteiger partial charge in [0.25, 0.3) is 0 Å². The molecule has 1 aliphatic rings. The van der Waals surface area contributed by atoms with Crippen LogP contribution in [0.1, 0.15) is 25.0 Å². The van der Waals surface area contributed by atoms with Crippen LogP contribution in [0, 0.1) is 6.92 Å². The van der Waals surface area contributed by atoms with Crippen LogP contribution < -0.4 is 4.90 Å². The molecule has 1 heterocycles. The Kier molecular flexibility index (Phi) is 5.76. The molecule has 0 saturated carbocycles. The summed E-state index contributed by atoms with van der Waals surface area (Å²) >= 11 is 1.71. The number of anilines is 1. The van der Waals surface area contributed by atoms with Gasteiger partial charge in [-0.25, -0.2) is 0 Å². The first-order chi connectivity index (χ1) is 12.9. The molecule has 2 aromatic carbocycles. The van der Waals surface area contributed by atoms with E-state index >= 15 is 0 Å². The van der Waals surface area contributed by atoms with Crippen molar-refractivity contribution in [1.29, 1.82) is 0 Å². The van der Waals surface area contributed by atoms with Gasteiger partial charge in [-0.1, -0.05) is 86.8 Å². The fraction of sp³-hybridized carbons (Fsp3) is 0.200. The zero-order valence-electron chi connectivity index (χ0n) is 16.6. The number of para-hydroxylation sites is 1. The second-order valence-corrected chi connectivity index (χ2v) is 8.50. The monoisotopic (exact) mass is 373 g/mol. The summed E-state index contributed by atoms with van der Waals surface area (Å²) in [4.78, 5) is 4.58. The average molecular weight is 374 g/mol. The van der Waals surface area contributed by atoms with E-state index in [1.165, 1.54) is 27.4 Å². The van der Waals surface area contributed by atoms with Gasteiger partial charge in [0.15, 0.2) is 0 Å². The molecule has 0 radical (unpaired) electrons. The fourth-order valence-corrected chi connectivity index (χ4v) is 4.33. The van der Waals surface area contributed by atoms with Crippen LogP contribution in [-0.4, -0.2) is 7.05 Å². The Labute approximate surface area is 167 Å². The number of hydrogen-bond acceptors (Lipinski definition) is 2. The third-order valence-electron chi connectivity index (χ3n) is 5.03. The first-order valence-electron chi connectivity index (χ1n) is 9.22. The molecule has 2 aromatic rings. The van der Waals surface area contributed by atoms with E-state index in [2.05, 4.69) is 118 Å². The van der Waals surface area contributed by atoms with Gasteiger partial charge >= 0.3 is 0 Å². The summed E-state index contributed by atoms with van der Waals surface area (Å²) in [5.41, 5.74) is 5.28. The van der Waals surface area contributed by atoms with E-state index in [1.807, 2.05) is 0 Å². The van der Waals surface area contributed by atoms with Crippen molar-refractivity contribution in [3.8, 4) is 0 Å². The van der Waals surface area contributed by atoms with Gasteiger partial charge in [0.1, 0.15) is 0 Å². The van der Waals surface area contributed by atoms with E-state index < -0.39 is 0 Å². The molecule has 3 rings (SSSR count). The van der Waals surface area contributed by atoms with Gasteiger partial charge < -0.3 is 4.90 Å². The molecule has 0 saturated heterocycles. The maximum atomic E-state index is 4.15. The number of aryl methyl sites for hydroxylation is 1. The van der Waals surface area contributed by atoms with Gasteiger partial charge in [-0.05, 0) is 42.3 Å². The number of rotatable bonds is 5. The highest BCUT2D eigenvalue weighted by Gasteiger charge is 2.37. The maximum Gasteiger partial charge on any atom is 0.0447 e. The SMILES string of the molecule is C=C(/C=C/C=C/C=C1\N(C)c2ccccc2C1(C)C)Sc1ccccc1C. The molecule has 0 bridgehead atoms. The highest BCUT2D eigenvalue weighted by molar-refractivity contribution is 8.03. The van der Waals surface area contributed by atoms with Gasteiger partial charge in [0.2, 0.25) is 0 Å². The Balaban J connectivity index is 1.66. The molecule has 0 spiro atoms. The molecule has 27 heavy (non-hydrogen) atoms. The number of fused-ring (bicyclic) bond motifs is 1. The number of benzene rings is 2. The van der Waals surface area contributed by atoms with Crippen molar-refractivity contribution in [2.45, 2.75) is 31.1 Å². The summed E-state index contributed by atoms with van der Waals surface area (Å²) in [6.07, 6.45) is 10.5. The van der Waals surface area contributed by atoms with E-state index in [4.69, 9.17) is 0 Å². The Morgan fingerprint density at radius 2 is 1.70 bits per heavy atom. The second kappa shape index (κ2) is 8.06. The fourth-order valence-electron chi connectivity index (χ4n) is 3.52. The normalized spacial score (nSPS) is 17.2. The van der Waals surface area contributed by atoms with E-state index in [0.717, 1.165) is 4.91 Å². The molecule has 0 aliphatic carbocycles. The smallest absolute Gasteiger partial charge is 0.0447 e. The lowest BCUT2D eigenvalue weighted by atomic mass is 9.84. The summed E-state index contributed by atoms with van der Waals surface area (Å²) in [5.74, 6) is 0.